The van der Waals surface area contributed by atoms with Gasteiger partial charge in [-0.1, -0.05) is 23.8 Å². The van der Waals surface area contributed by atoms with E-state index < -0.39 is 0 Å². The summed E-state index contributed by atoms with van der Waals surface area (Å²) in [7, 11) is 1.74. The van der Waals surface area contributed by atoms with Crippen molar-refractivity contribution in [3.63, 3.8) is 0 Å². The molecule has 0 radical (unpaired) electrons. The van der Waals surface area contributed by atoms with Crippen molar-refractivity contribution in [1.29, 1.82) is 0 Å². The zero-order valence-electron chi connectivity index (χ0n) is 14.3. The third-order valence-corrected chi connectivity index (χ3v) is 4.34. The van der Waals surface area contributed by atoms with Crippen molar-refractivity contribution < 1.29 is 13.6 Å². The van der Waals surface area contributed by atoms with Gasteiger partial charge in [0, 0.05) is 24.5 Å². The first-order chi connectivity index (χ1) is 11.4. The van der Waals surface area contributed by atoms with E-state index in [9.17, 15) is 9.18 Å². The van der Waals surface area contributed by atoms with Gasteiger partial charge in [0.05, 0.1) is 0 Å². The summed E-state index contributed by atoms with van der Waals surface area (Å²) in [6.07, 6.45) is 0. The van der Waals surface area contributed by atoms with Gasteiger partial charge in [-0.15, -0.1) is 0 Å². The summed E-state index contributed by atoms with van der Waals surface area (Å²) in [5, 5.41) is 0.637. The molecule has 1 heterocycles. The van der Waals surface area contributed by atoms with Crippen LogP contribution in [0.1, 0.15) is 32.8 Å². The summed E-state index contributed by atoms with van der Waals surface area (Å²) in [5.74, 6) is -0.277. The lowest BCUT2D eigenvalue weighted by Crippen LogP contribution is -2.26. The Kier molecular flexibility index (Phi) is 4.14. The molecule has 1 amide bonds. The Morgan fingerprint density at radius 3 is 2.58 bits per heavy atom. The van der Waals surface area contributed by atoms with Crippen LogP contribution in [0.2, 0.25) is 0 Å². The second-order valence-corrected chi connectivity index (χ2v) is 6.29. The number of carbonyl (C=O) groups excluding carboxylic acids is 1. The predicted molar refractivity (Wildman–Crippen MR) is 92.6 cm³/mol. The van der Waals surface area contributed by atoms with Crippen LogP contribution < -0.4 is 0 Å². The van der Waals surface area contributed by atoms with Gasteiger partial charge in [-0.05, 0) is 50.1 Å². The van der Waals surface area contributed by atoms with Gasteiger partial charge in [0.15, 0.2) is 5.76 Å². The van der Waals surface area contributed by atoms with E-state index in [-0.39, 0.29) is 17.5 Å². The lowest BCUT2D eigenvalue weighted by molar-refractivity contribution is 0.0754. The van der Waals surface area contributed by atoms with Gasteiger partial charge in [0.1, 0.15) is 11.4 Å². The van der Waals surface area contributed by atoms with Gasteiger partial charge in [-0.2, -0.15) is 0 Å². The van der Waals surface area contributed by atoms with Gasteiger partial charge in [0.25, 0.3) is 5.91 Å². The highest BCUT2D eigenvalue weighted by molar-refractivity contribution is 5.98. The largest absolute Gasteiger partial charge is 0.451 e. The molecule has 3 nitrogen and oxygen atoms in total. The molecule has 24 heavy (non-hydrogen) atoms. The minimum absolute atomic E-state index is 0.205. The molecule has 1 aromatic heterocycles. The average Bonchev–Trinajstić information content (AvgIpc) is 2.86. The van der Waals surface area contributed by atoms with Gasteiger partial charge >= 0.3 is 0 Å². The Hall–Kier alpha value is -2.62. The summed E-state index contributed by atoms with van der Waals surface area (Å²) in [6.45, 7) is 6.36. The van der Waals surface area contributed by atoms with Gasteiger partial charge in [0.2, 0.25) is 0 Å². The van der Waals surface area contributed by atoms with E-state index in [4.69, 9.17) is 4.42 Å². The Balaban J connectivity index is 1.89. The van der Waals surface area contributed by atoms with Crippen molar-refractivity contribution in [2.75, 3.05) is 7.05 Å². The van der Waals surface area contributed by atoms with Gasteiger partial charge in [-0.25, -0.2) is 4.39 Å². The van der Waals surface area contributed by atoms with E-state index in [1.807, 2.05) is 26.0 Å². The zero-order valence-corrected chi connectivity index (χ0v) is 14.3. The van der Waals surface area contributed by atoms with Crippen molar-refractivity contribution in [3.05, 3.63) is 70.2 Å². The molecule has 0 fully saturated rings. The molecule has 0 aliphatic rings. The van der Waals surface area contributed by atoms with E-state index >= 15 is 0 Å². The second-order valence-electron chi connectivity index (χ2n) is 6.29. The molecule has 124 valence electrons. The molecule has 0 bridgehead atoms. The Bertz CT molecular complexity index is 927. The molecular formula is C20H20FNO2. The van der Waals surface area contributed by atoms with Crippen LogP contribution in [0.4, 0.5) is 4.39 Å². The molecule has 3 aromatic rings. The predicted octanol–water partition coefficient (Wildman–Crippen LogP) is 4.77. The Morgan fingerprint density at radius 2 is 1.88 bits per heavy atom. The van der Waals surface area contributed by atoms with Crippen LogP contribution in [0.15, 0.2) is 40.8 Å². The molecule has 0 saturated carbocycles. The van der Waals surface area contributed by atoms with Crippen LogP contribution in [0.25, 0.3) is 11.0 Å². The highest BCUT2D eigenvalue weighted by Gasteiger charge is 2.21. The number of hydrogen-bond donors (Lipinski definition) is 0. The third kappa shape index (κ3) is 2.92. The maximum Gasteiger partial charge on any atom is 0.289 e. The van der Waals surface area contributed by atoms with Gasteiger partial charge < -0.3 is 9.32 Å². The van der Waals surface area contributed by atoms with E-state index in [0.29, 0.717) is 23.1 Å². The first kappa shape index (κ1) is 16.2. The van der Waals surface area contributed by atoms with Crippen LogP contribution in [-0.4, -0.2) is 17.9 Å². The van der Waals surface area contributed by atoms with Crippen LogP contribution in [0.5, 0.6) is 0 Å². The molecule has 0 spiro atoms. The minimum atomic E-state index is -0.339. The van der Waals surface area contributed by atoms with Crippen molar-refractivity contribution in [2.45, 2.75) is 27.3 Å². The summed E-state index contributed by atoms with van der Waals surface area (Å²) in [4.78, 5) is 14.4. The number of benzene rings is 2. The summed E-state index contributed by atoms with van der Waals surface area (Å²) >= 11 is 0. The molecule has 0 N–H and O–H groups in total. The topological polar surface area (TPSA) is 33.5 Å². The summed E-state index contributed by atoms with van der Waals surface area (Å²) in [5.41, 5.74) is 4.63. The maximum atomic E-state index is 13.4. The molecule has 0 saturated heterocycles. The standard InChI is InChI=1S/C20H20FNO2/c1-12-5-6-15(13(2)9-12)11-22(4)20(23)19-14(3)17-10-16(21)7-8-18(17)24-19/h5-10H,11H2,1-4H3. The quantitative estimate of drug-likeness (QED) is 0.695. The second kappa shape index (κ2) is 6.11. The Labute approximate surface area is 140 Å². The third-order valence-electron chi connectivity index (χ3n) is 4.34. The average molecular weight is 325 g/mol. The number of furan rings is 1. The lowest BCUT2D eigenvalue weighted by atomic mass is 10.1. The lowest BCUT2D eigenvalue weighted by Gasteiger charge is -2.18. The summed E-state index contributed by atoms with van der Waals surface area (Å²) < 4.78 is 19.1. The van der Waals surface area contributed by atoms with Crippen molar-refractivity contribution >= 4 is 16.9 Å². The Morgan fingerprint density at radius 1 is 1.12 bits per heavy atom. The zero-order chi connectivity index (χ0) is 17.4. The number of halogens is 1. The molecule has 3 rings (SSSR count). The van der Waals surface area contributed by atoms with Gasteiger partial charge in [-0.3, -0.25) is 4.79 Å². The monoisotopic (exact) mass is 325 g/mol. The van der Waals surface area contributed by atoms with E-state index in [2.05, 4.69) is 6.07 Å². The summed E-state index contributed by atoms with van der Waals surface area (Å²) in [6, 6.07) is 10.5. The van der Waals surface area contributed by atoms with E-state index in [1.54, 1.807) is 24.9 Å². The number of aryl methyl sites for hydroxylation is 3. The SMILES string of the molecule is Cc1ccc(CN(C)C(=O)c2oc3ccc(F)cc3c2C)c(C)c1. The van der Waals surface area contributed by atoms with Crippen molar-refractivity contribution in [2.24, 2.45) is 0 Å². The molecule has 0 aliphatic carbocycles. The fraction of sp³-hybridized carbons (Fsp3) is 0.250. The molecule has 0 atom stereocenters. The highest BCUT2D eigenvalue weighted by Crippen LogP contribution is 2.27. The van der Waals surface area contributed by atoms with Crippen molar-refractivity contribution in [1.82, 2.24) is 4.90 Å². The molecule has 0 aliphatic heterocycles. The van der Waals surface area contributed by atoms with E-state index in [1.165, 1.54) is 17.7 Å². The number of nitrogens with zero attached hydrogens (tertiary/aromatic N) is 1. The minimum Gasteiger partial charge on any atom is -0.451 e. The normalized spacial score (nSPS) is 11.0. The van der Waals surface area contributed by atoms with Crippen LogP contribution in [0.3, 0.4) is 0 Å². The number of rotatable bonds is 3. The number of carbonyl (C=O) groups is 1. The smallest absolute Gasteiger partial charge is 0.289 e. The van der Waals surface area contributed by atoms with Crippen LogP contribution in [-0.2, 0) is 6.54 Å². The number of hydrogen-bond acceptors (Lipinski definition) is 2. The fourth-order valence-electron chi connectivity index (χ4n) is 2.92. The highest BCUT2D eigenvalue weighted by atomic mass is 19.1. The number of fused-ring (bicyclic) bond motifs is 1. The first-order valence-corrected chi connectivity index (χ1v) is 7.87. The molecular weight excluding hydrogens is 305 g/mol. The van der Waals surface area contributed by atoms with Crippen LogP contribution >= 0.6 is 0 Å². The van der Waals surface area contributed by atoms with Crippen LogP contribution in [0, 0.1) is 26.6 Å². The van der Waals surface area contributed by atoms with Crippen molar-refractivity contribution in [3.8, 4) is 0 Å². The molecule has 2 aromatic carbocycles. The first-order valence-electron chi connectivity index (χ1n) is 7.87. The molecule has 0 unspecified atom stereocenters. The molecule has 4 heteroatoms. The maximum absolute atomic E-state index is 13.4. The van der Waals surface area contributed by atoms with E-state index in [0.717, 1.165) is 11.1 Å². The number of amides is 1. The fourth-order valence-corrected chi connectivity index (χ4v) is 2.92.